The number of rotatable bonds is 2. The second-order valence-electron chi connectivity index (χ2n) is 3.69. The number of aromatic nitrogens is 1. The van der Waals surface area contributed by atoms with Crippen molar-refractivity contribution in [2.75, 3.05) is 0 Å². The Kier molecular flexibility index (Phi) is 3.72. The van der Waals surface area contributed by atoms with Crippen LogP contribution in [0.2, 0.25) is 0 Å². The van der Waals surface area contributed by atoms with Crippen LogP contribution < -0.4 is 5.73 Å². The Morgan fingerprint density at radius 1 is 1.47 bits per heavy atom. The Morgan fingerprint density at radius 3 is 2.87 bits per heavy atom. The molecule has 2 nitrogen and oxygen atoms in total. The molecule has 0 saturated carbocycles. The predicted octanol–water partition coefficient (Wildman–Crippen LogP) is 2.62. The standard InChI is InChI=1S/C11H13FN2.ClH/c1-7(13)4-8-6-14-11-3-2-9(12)5-10(8)11;/h2-3,5-7,14H,4,13H2,1H3;1H. The first-order chi connectivity index (χ1) is 6.66. The Hall–Kier alpha value is -1.06. The van der Waals surface area contributed by atoms with Gasteiger partial charge < -0.3 is 10.7 Å². The number of halogens is 2. The molecule has 0 saturated heterocycles. The van der Waals surface area contributed by atoms with Crippen LogP contribution in [0.4, 0.5) is 4.39 Å². The molecule has 82 valence electrons. The van der Waals surface area contributed by atoms with E-state index in [1.807, 2.05) is 13.1 Å². The van der Waals surface area contributed by atoms with E-state index in [0.717, 1.165) is 22.9 Å². The smallest absolute Gasteiger partial charge is 0.123 e. The molecule has 0 amide bonds. The number of nitrogens with two attached hydrogens (primary N) is 1. The van der Waals surface area contributed by atoms with Crippen LogP contribution in [0.25, 0.3) is 10.9 Å². The summed E-state index contributed by atoms with van der Waals surface area (Å²) in [5, 5.41) is 0.933. The predicted molar refractivity (Wildman–Crippen MR) is 62.9 cm³/mol. The first-order valence-corrected chi connectivity index (χ1v) is 4.68. The zero-order valence-electron chi connectivity index (χ0n) is 8.46. The summed E-state index contributed by atoms with van der Waals surface area (Å²) in [5.41, 5.74) is 7.74. The van der Waals surface area contributed by atoms with Gasteiger partial charge in [0.05, 0.1) is 0 Å². The van der Waals surface area contributed by atoms with E-state index in [0.29, 0.717) is 0 Å². The second-order valence-corrected chi connectivity index (χ2v) is 3.69. The van der Waals surface area contributed by atoms with Crippen molar-refractivity contribution in [1.29, 1.82) is 0 Å². The molecule has 1 atom stereocenters. The lowest BCUT2D eigenvalue weighted by atomic mass is 10.1. The lowest BCUT2D eigenvalue weighted by Crippen LogP contribution is -2.17. The van der Waals surface area contributed by atoms with Crippen molar-refractivity contribution in [3.05, 3.63) is 35.8 Å². The molecule has 1 aromatic heterocycles. The van der Waals surface area contributed by atoms with Crippen LogP contribution in [0.5, 0.6) is 0 Å². The van der Waals surface area contributed by atoms with Gasteiger partial charge in [-0.3, -0.25) is 0 Å². The third kappa shape index (κ3) is 2.49. The number of nitrogens with one attached hydrogen (secondary N) is 1. The number of hydrogen-bond acceptors (Lipinski definition) is 1. The quantitative estimate of drug-likeness (QED) is 0.815. The molecular formula is C11H14ClFN2. The maximum atomic E-state index is 13.0. The fraction of sp³-hybridized carbons (Fsp3) is 0.273. The van der Waals surface area contributed by atoms with E-state index in [9.17, 15) is 4.39 Å². The van der Waals surface area contributed by atoms with Crippen molar-refractivity contribution in [1.82, 2.24) is 4.98 Å². The Labute approximate surface area is 94.1 Å². The molecule has 2 rings (SSSR count). The van der Waals surface area contributed by atoms with Crippen LogP contribution in [0.1, 0.15) is 12.5 Å². The molecule has 1 unspecified atom stereocenters. The molecule has 0 aliphatic rings. The topological polar surface area (TPSA) is 41.8 Å². The van der Waals surface area contributed by atoms with E-state index < -0.39 is 0 Å². The zero-order chi connectivity index (χ0) is 10.1. The number of H-pyrrole nitrogens is 1. The van der Waals surface area contributed by atoms with Gasteiger partial charge in [0.25, 0.3) is 0 Å². The van der Waals surface area contributed by atoms with E-state index in [-0.39, 0.29) is 24.3 Å². The van der Waals surface area contributed by atoms with Gasteiger partial charge in [-0.05, 0) is 37.1 Å². The summed E-state index contributed by atoms with van der Waals surface area (Å²) in [6, 6.07) is 4.84. The van der Waals surface area contributed by atoms with Gasteiger partial charge in [-0.1, -0.05) is 0 Å². The summed E-state index contributed by atoms with van der Waals surface area (Å²) in [6.45, 7) is 1.94. The normalized spacial score (nSPS) is 12.5. The van der Waals surface area contributed by atoms with Crippen molar-refractivity contribution in [2.45, 2.75) is 19.4 Å². The molecule has 0 aliphatic carbocycles. The Morgan fingerprint density at radius 2 is 2.20 bits per heavy atom. The van der Waals surface area contributed by atoms with Crippen LogP contribution in [0.15, 0.2) is 24.4 Å². The van der Waals surface area contributed by atoms with Crippen LogP contribution >= 0.6 is 12.4 Å². The third-order valence-electron chi connectivity index (χ3n) is 2.27. The summed E-state index contributed by atoms with van der Waals surface area (Å²) in [6.07, 6.45) is 2.66. The summed E-state index contributed by atoms with van der Waals surface area (Å²) in [5.74, 6) is -0.206. The van der Waals surface area contributed by atoms with Crippen molar-refractivity contribution >= 4 is 23.3 Å². The van der Waals surface area contributed by atoms with Crippen LogP contribution in [-0.4, -0.2) is 11.0 Å². The second kappa shape index (κ2) is 4.64. The van der Waals surface area contributed by atoms with E-state index in [2.05, 4.69) is 4.98 Å². The first kappa shape index (κ1) is 12.0. The molecule has 1 aromatic carbocycles. The van der Waals surface area contributed by atoms with Gasteiger partial charge in [-0.25, -0.2) is 4.39 Å². The lowest BCUT2D eigenvalue weighted by molar-refractivity contribution is 0.629. The average Bonchev–Trinajstić information content (AvgIpc) is 2.47. The Balaban J connectivity index is 0.00000112. The molecule has 1 heterocycles. The molecule has 3 N–H and O–H groups in total. The van der Waals surface area contributed by atoms with Crippen LogP contribution in [0, 0.1) is 5.82 Å². The van der Waals surface area contributed by atoms with Crippen molar-refractivity contribution in [3.8, 4) is 0 Å². The largest absolute Gasteiger partial charge is 0.361 e. The van der Waals surface area contributed by atoms with Gasteiger partial charge in [0.2, 0.25) is 0 Å². The number of hydrogen-bond donors (Lipinski definition) is 2. The molecule has 4 heteroatoms. The fourth-order valence-corrected chi connectivity index (χ4v) is 1.67. The van der Waals surface area contributed by atoms with Gasteiger partial charge in [-0.15, -0.1) is 12.4 Å². The van der Waals surface area contributed by atoms with Crippen molar-refractivity contribution in [3.63, 3.8) is 0 Å². The minimum Gasteiger partial charge on any atom is -0.361 e. The van der Waals surface area contributed by atoms with Crippen molar-refractivity contribution < 1.29 is 4.39 Å². The minimum absolute atomic E-state index is 0. The fourth-order valence-electron chi connectivity index (χ4n) is 1.67. The van der Waals surface area contributed by atoms with E-state index in [1.165, 1.54) is 6.07 Å². The first-order valence-electron chi connectivity index (χ1n) is 4.68. The van der Waals surface area contributed by atoms with Crippen LogP contribution in [-0.2, 0) is 6.42 Å². The summed E-state index contributed by atoms with van der Waals surface area (Å²) in [4.78, 5) is 3.10. The highest BCUT2D eigenvalue weighted by molar-refractivity contribution is 5.85. The van der Waals surface area contributed by atoms with Crippen LogP contribution in [0.3, 0.4) is 0 Å². The molecule has 0 spiro atoms. The van der Waals surface area contributed by atoms with Gasteiger partial charge >= 0.3 is 0 Å². The number of benzene rings is 1. The maximum absolute atomic E-state index is 13.0. The third-order valence-corrected chi connectivity index (χ3v) is 2.27. The minimum atomic E-state index is -0.206. The highest BCUT2D eigenvalue weighted by Crippen LogP contribution is 2.20. The molecule has 0 radical (unpaired) electrons. The van der Waals surface area contributed by atoms with Gasteiger partial charge in [-0.2, -0.15) is 0 Å². The SMILES string of the molecule is CC(N)Cc1c[nH]c2ccc(F)cc12.Cl. The van der Waals surface area contributed by atoms with E-state index in [1.54, 1.807) is 12.1 Å². The monoisotopic (exact) mass is 228 g/mol. The summed E-state index contributed by atoms with van der Waals surface area (Å²) < 4.78 is 13.0. The molecule has 0 bridgehead atoms. The van der Waals surface area contributed by atoms with Crippen molar-refractivity contribution in [2.24, 2.45) is 5.73 Å². The highest BCUT2D eigenvalue weighted by atomic mass is 35.5. The highest BCUT2D eigenvalue weighted by Gasteiger charge is 2.06. The molecule has 0 aliphatic heterocycles. The van der Waals surface area contributed by atoms with Gasteiger partial charge in [0.1, 0.15) is 5.82 Å². The average molecular weight is 229 g/mol. The summed E-state index contributed by atoms with van der Waals surface area (Å²) >= 11 is 0. The number of fused-ring (bicyclic) bond motifs is 1. The Bertz CT molecular complexity index is 451. The molecule has 0 fully saturated rings. The van der Waals surface area contributed by atoms with Gasteiger partial charge in [0, 0.05) is 23.1 Å². The van der Waals surface area contributed by atoms with Gasteiger partial charge in [0.15, 0.2) is 0 Å². The molecule has 15 heavy (non-hydrogen) atoms. The van der Waals surface area contributed by atoms with E-state index >= 15 is 0 Å². The maximum Gasteiger partial charge on any atom is 0.123 e. The molecule has 2 aromatic rings. The number of aromatic amines is 1. The molecular weight excluding hydrogens is 215 g/mol. The lowest BCUT2D eigenvalue weighted by Gasteiger charge is -2.02. The van der Waals surface area contributed by atoms with E-state index in [4.69, 9.17) is 5.73 Å². The zero-order valence-corrected chi connectivity index (χ0v) is 9.27. The summed E-state index contributed by atoms with van der Waals surface area (Å²) in [7, 11) is 0.